The van der Waals surface area contributed by atoms with Crippen molar-refractivity contribution in [3.63, 3.8) is 0 Å². The number of unbranched alkanes of at least 4 members (excludes halogenated alkanes) is 2. The Morgan fingerprint density at radius 2 is 1.79 bits per heavy atom. The largest absolute Gasteiger partial charge is 0.507 e. The van der Waals surface area contributed by atoms with E-state index >= 15 is 0 Å². The maximum atomic E-state index is 10.8. The Hall–Kier alpha value is -2.22. The monoisotopic (exact) mass is 324 g/mol. The Bertz CT molecular complexity index is 757. The summed E-state index contributed by atoms with van der Waals surface area (Å²) in [7, 11) is 0. The molecule has 2 aromatic rings. The summed E-state index contributed by atoms with van der Waals surface area (Å²) in [4.78, 5) is 0. The third kappa shape index (κ3) is 3.64. The Balaban J connectivity index is 2.59. The van der Waals surface area contributed by atoms with E-state index in [0.29, 0.717) is 5.56 Å². The second-order valence-corrected chi connectivity index (χ2v) is 6.69. The molecule has 0 saturated carbocycles. The summed E-state index contributed by atoms with van der Waals surface area (Å²) in [6.45, 7) is 12.1. The lowest BCUT2D eigenvalue weighted by Gasteiger charge is -2.17. The average Bonchev–Trinajstić information content (AvgIpc) is 2.52. The van der Waals surface area contributed by atoms with E-state index in [9.17, 15) is 10.2 Å². The van der Waals surface area contributed by atoms with Gasteiger partial charge < -0.3 is 10.2 Å². The van der Waals surface area contributed by atoms with Crippen LogP contribution in [0.5, 0.6) is 11.5 Å². The normalized spacial score (nSPS) is 10.8. The molecule has 0 aliphatic heterocycles. The quantitative estimate of drug-likeness (QED) is 0.626. The lowest BCUT2D eigenvalue weighted by atomic mass is 9.89. The lowest BCUT2D eigenvalue weighted by molar-refractivity contribution is 0.449. The van der Waals surface area contributed by atoms with Crippen LogP contribution >= 0.6 is 0 Å². The van der Waals surface area contributed by atoms with Crippen LogP contribution in [0.2, 0.25) is 0 Å². The Labute approximate surface area is 145 Å². The maximum Gasteiger partial charge on any atom is 0.130 e. The number of hydrogen-bond acceptors (Lipinski definition) is 2. The number of phenols is 2. The number of benzene rings is 2. The van der Waals surface area contributed by atoms with E-state index in [2.05, 4.69) is 13.5 Å². The molecule has 0 bridgehead atoms. The van der Waals surface area contributed by atoms with E-state index < -0.39 is 0 Å². The fraction of sp³-hybridized carbons (Fsp3) is 0.364. The molecule has 2 heteroatoms. The number of aryl methyl sites for hydroxylation is 2. The van der Waals surface area contributed by atoms with Gasteiger partial charge in [0, 0.05) is 0 Å². The van der Waals surface area contributed by atoms with Gasteiger partial charge in [-0.2, -0.15) is 0 Å². The molecule has 0 fully saturated rings. The SMILES string of the molecule is C=C(C)c1ccc(C)cc1-c1c(O)cc(CCCCC)c(C)c1O. The van der Waals surface area contributed by atoms with Gasteiger partial charge in [-0.1, -0.05) is 55.7 Å². The molecule has 0 aromatic heterocycles. The molecule has 2 rings (SSSR count). The standard InChI is InChI=1S/C22H28O2/c1-6-7-8-9-17-13-20(23)21(22(24)16(17)5)19-12-15(4)10-11-18(19)14(2)3/h10-13,23-24H,2,6-9H2,1,3-5H3. The molecule has 0 heterocycles. The van der Waals surface area contributed by atoms with E-state index in [0.717, 1.165) is 59.1 Å². The van der Waals surface area contributed by atoms with Crippen LogP contribution in [-0.2, 0) is 6.42 Å². The molecule has 0 spiro atoms. The Morgan fingerprint density at radius 1 is 1.08 bits per heavy atom. The molecule has 2 N–H and O–H groups in total. The first-order valence-corrected chi connectivity index (χ1v) is 8.68. The smallest absolute Gasteiger partial charge is 0.130 e. The van der Waals surface area contributed by atoms with Crippen molar-refractivity contribution in [3.05, 3.63) is 53.1 Å². The van der Waals surface area contributed by atoms with E-state index in [-0.39, 0.29) is 11.5 Å². The van der Waals surface area contributed by atoms with Crippen LogP contribution in [0.3, 0.4) is 0 Å². The molecule has 2 nitrogen and oxygen atoms in total. The maximum absolute atomic E-state index is 10.8. The predicted molar refractivity (Wildman–Crippen MR) is 103 cm³/mol. The summed E-state index contributed by atoms with van der Waals surface area (Å²) < 4.78 is 0. The van der Waals surface area contributed by atoms with Crippen LogP contribution in [0.25, 0.3) is 16.7 Å². The first-order valence-electron chi connectivity index (χ1n) is 8.68. The zero-order chi connectivity index (χ0) is 17.9. The number of phenolic OH excluding ortho intramolecular Hbond substituents is 2. The first-order chi connectivity index (χ1) is 11.4. The van der Waals surface area contributed by atoms with Gasteiger partial charge in [0.15, 0.2) is 0 Å². The topological polar surface area (TPSA) is 40.5 Å². The van der Waals surface area contributed by atoms with Crippen molar-refractivity contribution in [3.8, 4) is 22.6 Å². The minimum atomic E-state index is 0.137. The van der Waals surface area contributed by atoms with Gasteiger partial charge >= 0.3 is 0 Å². The zero-order valence-corrected chi connectivity index (χ0v) is 15.2. The molecular weight excluding hydrogens is 296 g/mol. The van der Waals surface area contributed by atoms with Gasteiger partial charge in [-0.05, 0) is 61.9 Å². The minimum Gasteiger partial charge on any atom is -0.507 e. The highest BCUT2D eigenvalue weighted by molar-refractivity contribution is 5.87. The third-order valence-electron chi connectivity index (χ3n) is 4.59. The number of rotatable bonds is 6. The van der Waals surface area contributed by atoms with Gasteiger partial charge in [-0.3, -0.25) is 0 Å². The van der Waals surface area contributed by atoms with Gasteiger partial charge in [0.1, 0.15) is 11.5 Å². The highest BCUT2D eigenvalue weighted by Crippen LogP contribution is 2.44. The molecule has 0 saturated heterocycles. The van der Waals surface area contributed by atoms with E-state index in [1.807, 2.05) is 45.0 Å². The molecule has 0 amide bonds. The van der Waals surface area contributed by atoms with Crippen LogP contribution in [0.4, 0.5) is 0 Å². The summed E-state index contributed by atoms with van der Waals surface area (Å²) in [5.74, 6) is 0.312. The molecule has 0 aliphatic carbocycles. The Kier molecular flexibility index (Phi) is 5.71. The molecular formula is C22H28O2. The van der Waals surface area contributed by atoms with Gasteiger partial charge in [0.05, 0.1) is 5.56 Å². The fourth-order valence-corrected chi connectivity index (χ4v) is 3.13. The number of allylic oxidation sites excluding steroid dienone is 1. The second-order valence-electron chi connectivity index (χ2n) is 6.69. The first kappa shape index (κ1) is 18.1. The van der Waals surface area contributed by atoms with Crippen LogP contribution in [-0.4, -0.2) is 10.2 Å². The molecule has 0 atom stereocenters. The van der Waals surface area contributed by atoms with Crippen molar-refractivity contribution in [2.45, 2.75) is 53.4 Å². The molecule has 0 radical (unpaired) electrons. The van der Waals surface area contributed by atoms with Crippen LogP contribution < -0.4 is 0 Å². The average molecular weight is 324 g/mol. The van der Waals surface area contributed by atoms with Gasteiger partial charge in [-0.15, -0.1) is 0 Å². The molecule has 0 unspecified atom stereocenters. The summed E-state index contributed by atoms with van der Waals surface area (Å²) in [5, 5.41) is 21.4. The van der Waals surface area contributed by atoms with Gasteiger partial charge in [0.25, 0.3) is 0 Å². The summed E-state index contributed by atoms with van der Waals surface area (Å²) in [5.41, 5.74) is 6.16. The van der Waals surface area contributed by atoms with Crippen LogP contribution in [0.15, 0.2) is 30.8 Å². The lowest BCUT2D eigenvalue weighted by Crippen LogP contribution is -1.96. The van der Waals surface area contributed by atoms with Crippen molar-refractivity contribution in [2.75, 3.05) is 0 Å². The Morgan fingerprint density at radius 3 is 2.42 bits per heavy atom. The second kappa shape index (κ2) is 7.57. The summed E-state index contributed by atoms with van der Waals surface area (Å²) in [6.07, 6.45) is 4.25. The summed E-state index contributed by atoms with van der Waals surface area (Å²) in [6, 6.07) is 7.82. The summed E-state index contributed by atoms with van der Waals surface area (Å²) >= 11 is 0. The molecule has 0 aliphatic rings. The van der Waals surface area contributed by atoms with Gasteiger partial charge in [-0.25, -0.2) is 0 Å². The highest BCUT2D eigenvalue weighted by Gasteiger charge is 2.19. The molecule has 2 aromatic carbocycles. The van der Waals surface area contributed by atoms with Crippen LogP contribution in [0.1, 0.15) is 55.4 Å². The van der Waals surface area contributed by atoms with E-state index in [1.165, 1.54) is 0 Å². The van der Waals surface area contributed by atoms with Crippen molar-refractivity contribution in [1.82, 2.24) is 0 Å². The zero-order valence-electron chi connectivity index (χ0n) is 15.2. The van der Waals surface area contributed by atoms with Crippen molar-refractivity contribution >= 4 is 5.57 Å². The number of aromatic hydroxyl groups is 2. The molecule has 128 valence electrons. The van der Waals surface area contributed by atoms with Crippen molar-refractivity contribution < 1.29 is 10.2 Å². The van der Waals surface area contributed by atoms with Crippen molar-refractivity contribution in [1.29, 1.82) is 0 Å². The van der Waals surface area contributed by atoms with E-state index in [4.69, 9.17) is 0 Å². The highest BCUT2D eigenvalue weighted by atomic mass is 16.3. The van der Waals surface area contributed by atoms with E-state index in [1.54, 1.807) is 0 Å². The fourth-order valence-electron chi connectivity index (χ4n) is 3.13. The minimum absolute atomic E-state index is 0.137. The molecule has 24 heavy (non-hydrogen) atoms. The van der Waals surface area contributed by atoms with Crippen molar-refractivity contribution in [2.24, 2.45) is 0 Å². The van der Waals surface area contributed by atoms with Gasteiger partial charge in [0.2, 0.25) is 0 Å². The number of hydrogen-bond donors (Lipinski definition) is 2. The third-order valence-corrected chi connectivity index (χ3v) is 4.59. The predicted octanol–water partition coefficient (Wildman–Crippen LogP) is 6.15. The van der Waals surface area contributed by atoms with Crippen LogP contribution in [0, 0.1) is 13.8 Å².